The molecule has 0 unspecified atom stereocenters. The molecule has 2 heterocycles. The molecule has 2 aromatic carbocycles. The summed E-state index contributed by atoms with van der Waals surface area (Å²) in [7, 11) is 3.59. The van der Waals surface area contributed by atoms with Gasteiger partial charge in [0.15, 0.2) is 18.1 Å². The number of methoxy groups -OCH3 is 1. The maximum Gasteiger partial charge on any atom is 0.260 e. The molecule has 0 spiro atoms. The molecule has 1 aliphatic heterocycles. The molecule has 162 valence electrons. The molecule has 0 aliphatic carbocycles. The number of aromatic nitrogens is 2. The Labute approximate surface area is 181 Å². The van der Waals surface area contributed by atoms with E-state index in [-0.39, 0.29) is 12.5 Å². The van der Waals surface area contributed by atoms with Crippen molar-refractivity contribution < 1.29 is 14.3 Å². The molecule has 1 saturated heterocycles. The van der Waals surface area contributed by atoms with Crippen molar-refractivity contribution in [1.82, 2.24) is 20.0 Å². The number of nitrogens with one attached hydrogen (secondary N) is 1. The van der Waals surface area contributed by atoms with E-state index in [1.165, 1.54) is 7.11 Å². The van der Waals surface area contributed by atoms with E-state index in [1.807, 2.05) is 47.4 Å². The number of nitrogen functional groups attached to an aromatic ring is 1. The van der Waals surface area contributed by atoms with Crippen molar-refractivity contribution in [2.24, 2.45) is 0 Å². The fourth-order valence-electron chi connectivity index (χ4n) is 3.63. The van der Waals surface area contributed by atoms with E-state index in [1.54, 1.807) is 6.07 Å². The Morgan fingerprint density at radius 3 is 2.71 bits per heavy atom. The van der Waals surface area contributed by atoms with E-state index < -0.39 is 0 Å². The number of benzene rings is 2. The molecule has 0 radical (unpaired) electrons. The van der Waals surface area contributed by atoms with E-state index in [9.17, 15) is 4.79 Å². The number of hydrogen-bond donors (Lipinski definition) is 2. The lowest BCUT2D eigenvalue weighted by Crippen LogP contribution is -2.48. The standard InChI is InChI=1S/C23H27N5O3/c1-27-11-13-28(14-12-27)21(29)15-31-20-10-8-16(22(24)23(20)30-2)7-9-19-17-5-3-4-6-18(17)25-26-19/h3-10H,11-15,24H2,1-2H3,(H,25,26)/b9-7+. The summed E-state index contributed by atoms with van der Waals surface area (Å²) in [6, 6.07) is 11.5. The first-order valence-corrected chi connectivity index (χ1v) is 10.2. The number of carbonyl (C=O) groups excluding carboxylic acids is 1. The van der Waals surface area contributed by atoms with Gasteiger partial charge in [0.1, 0.15) is 0 Å². The molecule has 0 atom stereocenters. The van der Waals surface area contributed by atoms with Gasteiger partial charge in [-0.05, 0) is 31.3 Å². The summed E-state index contributed by atoms with van der Waals surface area (Å²) in [6.07, 6.45) is 3.79. The number of hydrogen-bond acceptors (Lipinski definition) is 6. The smallest absolute Gasteiger partial charge is 0.260 e. The first kappa shape index (κ1) is 20.7. The Morgan fingerprint density at radius 2 is 1.94 bits per heavy atom. The lowest BCUT2D eigenvalue weighted by molar-refractivity contribution is -0.134. The van der Waals surface area contributed by atoms with Crippen molar-refractivity contribution in [3.8, 4) is 11.5 Å². The monoisotopic (exact) mass is 421 g/mol. The number of carbonyl (C=O) groups is 1. The second-order valence-electron chi connectivity index (χ2n) is 7.56. The summed E-state index contributed by atoms with van der Waals surface area (Å²) in [6.45, 7) is 3.11. The number of aromatic amines is 1. The van der Waals surface area contributed by atoms with Crippen molar-refractivity contribution in [2.45, 2.75) is 0 Å². The van der Waals surface area contributed by atoms with E-state index in [4.69, 9.17) is 15.2 Å². The number of piperazine rings is 1. The van der Waals surface area contributed by atoms with Crippen LogP contribution in [0.1, 0.15) is 11.3 Å². The van der Waals surface area contributed by atoms with Crippen molar-refractivity contribution in [3.05, 3.63) is 47.7 Å². The second-order valence-corrected chi connectivity index (χ2v) is 7.56. The van der Waals surface area contributed by atoms with Crippen LogP contribution in [0.5, 0.6) is 11.5 Å². The van der Waals surface area contributed by atoms with Crippen LogP contribution < -0.4 is 15.2 Å². The lowest BCUT2D eigenvalue weighted by Gasteiger charge is -2.32. The largest absolute Gasteiger partial charge is 0.491 e. The maximum atomic E-state index is 12.5. The minimum Gasteiger partial charge on any atom is -0.491 e. The van der Waals surface area contributed by atoms with Gasteiger partial charge in [-0.3, -0.25) is 9.89 Å². The van der Waals surface area contributed by atoms with Gasteiger partial charge in [-0.25, -0.2) is 0 Å². The predicted octanol–water partition coefficient (Wildman–Crippen LogP) is 2.48. The third kappa shape index (κ3) is 4.49. The van der Waals surface area contributed by atoms with E-state index in [0.717, 1.165) is 35.2 Å². The van der Waals surface area contributed by atoms with Crippen LogP contribution in [0.4, 0.5) is 5.69 Å². The van der Waals surface area contributed by atoms with Gasteiger partial charge in [-0.2, -0.15) is 5.10 Å². The second kappa shape index (κ2) is 9.09. The zero-order valence-corrected chi connectivity index (χ0v) is 17.8. The number of fused-ring (bicyclic) bond motifs is 1. The molecule has 0 bridgehead atoms. The zero-order chi connectivity index (χ0) is 21.8. The number of ether oxygens (including phenoxy) is 2. The quantitative estimate of drug-likeness (QED) is 0.594. The summed E-state index contributed by atoms with van der Waals surface area (Å²) in [5, 5.41) is 8.39. The van der Waals surface area contributed by atoms with Gasteiger partial charge in [0, 0.05) is 37.1 Å². The normalized spacial score (nSPS) is 15.0. The first-order chi connectivity index (χ1) is 15.1. The van der Waals surface area contributed by atoms with Crippen LogP contribution in [0.25, 0.3) is 23.1 Å². The molecule has 1 amide bonds. The topological polar surface area (TPSA) is 96.7 Å². The number of nitrogens with two attached hydrogens (primary N) is 1. The molecule has 4 rings (SSSR count). The van der Waals surface area contributed by atoms with Crippen molar-refractivity contribution in [2.75, 3.05) is 52.7 Å². The van der Waals surface area contributed by atoms with E-state index >= 15 is 0 Å². The van der Waals surface area contributed by atoms with Crippen molar-refractivity contribution in [1.29, 1.82) is 0 Å². The number of likely N-dealkylation sites (N-methyl/N-ethyl adjacent to an activating group) is 1. The SMILES string of the molecule is COc1c(OCC(=O)N2CCN(C)CC2)ccc(/C=C/c2n[nH]c3ccccc23)c1N. The Hall–Kier alpha value is -3.52. The molecule has 3 N–H and O–H groups in total. The van der Waals surface area contributed by atoms with Crippen LogP contribution in [0.3, 0.4) is 0 Å². The van der Waals surface area contributed by atoms with Crippen molar-refractivity contribution in [3.63, 3.8) is 0 Å². The fraction of sp³-hybridized carbons (Fsp3) is 0.304. The molecule has 8 heteroatoms. The molecule has 31 heavy (non-hydrogen) atoms. The number of nitrogens with zero attached hydrogens (tertiary/aromatic N) is 3. The molecule has 0 saturated carbocycles. The highest BCUT2D eigenvalue weighted by Gasteiger charge is 2.20. The van der Waals surface area contributed by atoms with Gasteiger partial charge in [0.25, 0.3) is 5.91 Å². The Morgan fingerprint density at radius 1 is 1.16 bits per heavy atom. The summed E-state index contributed by atoms with van der Waals surface area (Å²) < 4.78 is 11.2. The molecule has 1 aromatic heterocycles. The predicted molar refractivity (Wildman–Crippen MR) is 122 cm³/mol. The zero-order valence-electron chi connectivity index (χ0n) is 17.8. The fourth-order valence-corrected chi connectivity index (χ4v) is 3.63. The molecular formula is C23H27N5O3. The maximum absolute atomic E-state index is 12.5. The highest BCUT2D eigenvalue weighted by atomic mass is 16.5. The number of H-pyrrole nitrogens is 1. The highest BCUT2D eigenvalue weighted by Crippen LogP contribution is 2.36. The van der Waals surface area contributed by atoms with Crippen LogP contribution in [0.15, 0.2) is 36.4 Å². The number of rotatable bonds is 6. The average molecular weight is 422 g/mol. The number of amides is 1. The van der Waals surface area contributed by atoms with Crippen LogP contribution in [-0.4, -0.2) is 72.8 Å². The molecular weight excluding hydrogens is 394 g/mol. The summed E-state index contributed by atoms with van der Waals surface area (Å²) in [5.74, 6) is 0.827. The third-order valence-electron chi connectivity index (χ3n) is 5.53. The van der Waals surface area contributed by atoms with E-state index in [2.05, 4.69) is 22.1 Å². The summed E-state index contributed by atoms with van der Waals surface area (Å²) in [4.78, 5) is 16.5. The van der Waals surface area contributed by atoms with Crippen LogP contribution in [-0.2, 0) is 4.79 Å². The molecule has 3 aromatic rings. The average Bonchev–Trinajstić information content (AvgIpc) is 3.20. The Bertz CT molecular complexity index is 1100. The molecule has 8 nitrogen and oxygen atoms in total. The van der Waals surface area contributed by atoms with Crippen LogP contribution in [0, 0.1) is 0 Å². The highest BCUT2D eigenvalue weighted by molar-refractivity contribution is 5.90. The van der Waals surface area contributed by atoms with Crippen LogP contribution >= 0.6 is 0 Å². The summed E-state index contributed by atoms with van der Waals surface area (Å²) >= 11 is 0. The van der Waals surface area contributed by atoms with Gasteiger partial charge in [-0.1, -0.05) is 24.3 Å². The van der Waals surface area contributed by atoms with Gasteiger partial charge in [-0.15, -0.1) is 0 Å². The van der Waals surface area contributed by atoms with Crippen molar-refractivity contribution >= 4 is 34.6 Å². The summed E-state index contributed by atoms with van der Waals surface area (Å²) in [5.41, 5.74) is 9.35. The Balaban J connectivity index is 1.47. The van der Waals surface area contributed by atoms with Gasteiger partial charge < -0.3 is 25.0 Å². The minimum atomic E-state index is -0.0477. The van der Waals surface area contributed by atoms with Gasteiger partial charge in [0.2, 0.25) is 0 Å². The number of anilines is 1. The minimum absolute atomic E-state index is 0.0388. The third-order valence-corrected chi connectivity index (χ3v) is 5.53. The first-order valence-electron chi connectivity index (χ1n) is 10.2. The lowest BCUT2D eigenvalue weighted by atomic mass is 10.1. The number of para-hydroxylation sites is 1. The Kier molecular flexibility index (Phi) is 6.08. The molecule has 1 fully saturated rings. The van der Waals surface area contributed by atoms with Crippen LogP contribution in [0.2, 0.25) is 0 Å². The molecule has 1 aliphatic rings. The van der Waals surface area contributed by atoms with Gasteiger partial charge >= 0.3 is 0 Å². The van der Waals surface area contributed by atoms with E-state index in [0.29, 0.717) is 30.3 Å². The van der Waals surface area contributed by atoms with Gasteiger partial charge in [0.05, 0.1) is 24.0 Å².